The number of fused-ring (bicyclic) bond motifs is 2. The van der Waals surface area contributed by atoms with Gasteiger partial charge in [0.25, 0.3) is 0 Å². The highest BCUT2D eigenvalue weighted by Crippen LogP contribution is 2.44. The largest absolute Gasteiger partial charge is 0.265 e. The third kappa shape index (κ3) is 3.21. The van der Waals surface area contributed by atoms with Crippen LogP contribution < -0.4 is 0 Å². The van der Waals surface area contributed by atoms with E-state index in [9.17, 15) is 0 Å². The van der Waals surface area contributed by atoms with Crippen LogP contribution in [0, 0.1) is 0 Å². The average Bonchev–Trinajstić information content (AvgIpc) is 2.77. The second-order valence-electron chi connectivity index (χ2n) is 6.03. The maximum absolute atomic E-state index is 4.71. The molecule has 3 aromatic heterocycles. The Balaban J connectivity index is 1.78. The Morgan fingerprint density at radius 3 is 1.36 bits per heavy atom. The lowest BCUT2D eigenvalue weighted by Gasteiger charge is -2.14. The zero-order chi connectivity index (χ0) is 18.8. The number of hydrogen-bond donors (Lipinski definition) is 0. The molecule has 0 bridgehead atoms. The van der Waals surface area contributed by atoms with Crippen molar-refractivity contribution in [2.45, 2.75) is 19.6 Å². The van der Waals surface area contributed by atoms with Crippen molar-refractivity contribution in [3.63, 3.8) is 0 Å². The van der Waals surface area contributed by atoms with Crippen LogP contribution in [0.25, 0.3) is 21.8 Å². The molecule has 28 heavy (non-hydrogen) atoms. The first-order valence-corrected chi connectivity index (χ1v) is 10.3. The van der Waals surface area contributed by atoms with Crippen molar-refractivity contribution in [1.82, 2.24) is 19.9 Å². The van der Waals surface area contributed by atoms with Gasteiger partial charge in [0.2, 0.25) is 0 Å². The molecule has 0 spiro atoms. The number of hydrogen-bond acceptors (Lipinski definition) is 6. The van der Waals surface area contributed by atoms with Crippen molar-refractivity contribution < 1.29 is 0 Å². The van der Waals surface area contributed by atoms with E-state index in [1.165, 1.54) is 10.8 Å². The smallest absolute Gasteiger partial charge is 0.104 e. The summed E-state index contributed by atoms with van der Waals surface area (Å²) in [4.78, 5) is 22.1. The van der Waals surface area contributed by atoms with Crippen molar-refractivity contribution in [1.29, 1.82) is 0 Å². The van der Waals surface area contributed by atoms with Crippen LogP contribution in [0.15, 0.2) is 105 Å². The molecule has 0 fully saturated rings. The van der Waals surface area contributed by atoms with E-state index in [1.807, 2.05) is 49.1 Å². The van der Waals surface area contributed by atoms with Gasteiger partial charge in [-0.3, -0.25) is 19.9 Å². The first-order valence-electron chi connectivity index (χ1n) is 8.71. The minimum Gasteiger partial charge on any atom is -0.265 e. The quantitative estimate of drug-likeness (QED) is 0.353. The van der Waals surface area contributed by atoms with Crippen molar-refractivity contribution in [2.75, 3.05) is 0 Å². The molecule has 3 heterocycles. The molecule has 0 unspecified atom stereocenters. The second kappa shape index (κ2) is 7.58. The fourth-order valence-corrected chi connectivity index (χ4v) is 5.11. The Bertz CT molecular complexity index is 1100. The molecule has 0 saturated carbocycles. The van der Waals surface area contributed by atoms with Crippen LogP contribution in [0.1, 0.15) is 0 Å². The van der Waals surface area contributed by atoms with Crippen molar-refractivity contribution >= 4 is 45.3 Å². The van der Waals surface area contributed by atoms with Crippen LogP contribution in [-0.4, -0.2) is 19.9 Å². The molecule has 0 atom stereocenters. The van der Waals surface area contributed by atoms with Crippen LogP contribution >= 0.6 is 23.5 Å². The number of pyridine rings is 2. The van der Waals surface area contributed by atoms with Crippen LogP contribution in [0.4, 0.5) is 0 Å². The van der Waals surface area contributed by atoms with Gasteiger partial charge in [-0.15, -0.1) is 0 Å². The highest BCUT2D eigenvalue weighted by molar-refractivity contribution is 8.00. The van der Waals surface area contributed by atoms with E-state index in [4.69, 9.17) is 9.97 Å². The van der Waals surface area contributed by atoms with Gasteiger partial charge in [-0.25, -0.2) is 0 Å². The van der Waals surface area contributed by atoms with Crippen LogP contribution in [-0.2, 0) is 0 Å². The Morgan fingerprint density at radius 1 is 0.500 bits per heavy atom. The predicted octanol–water partition coefficient (Wildman–Crippen LogP) is 5.88. The van der Waals surface area contributed by atoms with Gasteiger partial charge in [-0.1, -0.05) is 47.8 Å². The van der Waals surface area contributed by atoms with Gasteiger partial charge in [0.15, 0.2) is 0 Å². The summed E-state index contributed by atoms with van der Waals surface area (Å²) in [5, 5.41) is 2.35. The number of rotatable bonds is 4. The van der Waals surface area contributed by atoms with Crippen LogP contribution in [0.3, 0.4) is 0 Å². The third-order valence-corrected chi connectivity index (χ3v) is 6.53. The Morgan fingerprint density at radius 2 is 0.929 bits per heavy atom. The molecule has 134 valence electrons. The van der Waals surface area contributed by atoms with Crippen LogP contribution in [0.5, 0.6) is 0 Å². The van der Waals surface area contributed by atoms with Gasteiger partial charge in [0.05, 0.1) is 0 Å². The summed E-state index contributed by atoms with van der Waals surface area (Å²) in [6.07, 6.45) is 10.8. The summed E-state index contributed by atoms with van der Waals surface area (Å²) < 4.78 is 0. The van der Waals surface area contributed by atoms with E-state index in [1.54, 1.807) is 35.9 Å². The SMILES string of the molecule is c1ccc2c(Sc3ccncc3)c3nccnc3c(Sc3ccncc3)c2c1. The van der Waals surface area contributed by atoms with Gasteiger partial charge in [-0.05, 0) is 35.0 Å². The molecular formula is C22H14N4S2. The second-order valence-corrected chi connectivity index (χ2v) is 8.19. The maximum Gasteiger partial charge on any atom is 0.104 e. The molecule has 0 aliphatic heterocycles. The maximum atomic E-state index is 4.71. The number of benzene rings is 2. The first kappa shape index (κ1) is 17.2. The zero-order valence-electron chi connectivity index (χ0n) is 14.7. The predicted molar refractivity (Wildman–Crippen MR) is 114 cm³/mol. The van der Waals surface area contributed by atoms with E-state index in [0.29, 0.717) is 0 Å². The normalized spacial score (nSPS) is 11.1. The van der Waals surface area contributed by atoms with Crippen molar-refractivity contribution in [3.8, 4) is 0 Å². The third-order valence-electron chi connectivity index (χ3n) is 4.28. The summed E-state index contributed by atoms with van der Waals surface area (Å²) in [7, 11) is 0. The molecule has 2 aromatic carbocycles. The summed E-state index contributed by atoms with van der Waals surface area (Å²) in [5.41, 5.74) is 1.83. The van der Waals surface area contributed by atoms with E-state index in [0.717, 1.165) is 30.6 Å². The number of aromatic nitrogens is 4. The molecule has 4 nitrogen and oxygen atoms in total. The molecule has 0 saturated heterocycles. The molecule has 0 aliphatic rings. The molecule has 5 rings (SSSR count). The molecule has 0 aliphatic carbocycles. The van der Waals surface area contributed by atoms with E-state index in [2.05, 4.69) is 34.2 Å². The minimum atomic E-state index is 0.916. The average molecular weight is 399 g/mol. The lowest BCUT2D eigenvalue weighted by atomic mass is 10.1. The Hall–Kier alpha value is -2.96. The highest BCUT2D eigenvalue weighted by Gasteiger charge is 2.17. The molecule has 5 aromatic rings. The summed E-state index contributed by atoms with van der Waals surface area (Å²) >= 11 is 3.40. The van der Waals surface area contributed by atoms with Crippen molar-refractivity contribution in [3.05, 3.63) is 85.7 Å². The van der Waals surface area contributed by atoms with Crippen LogP contribution in [0.2, 0.25) is 0 Å². The lowest BCUT2D eigenvalue weighted by molar-refractivity contribution is 1.23. The van der Waals surface area contributed by atoms with Gasteiger partial charge >= 0.3 is 0 Å². The zero-order valence-corrected chi connectivity index (χ0v) is 16.3. The highest BCUT2D eigenvalue weighted by atomic mass is 32.2. The lowest BCUT2D eigenvalue weighted by Crippen LogP contribution is -1.92. The monoisotopic (exact) mass is 398 g/mol. The Labute approximate surface area is 170 Å². The molecule has 6 heteroatoms. The molecule has 0 amide bonds. The van der Waals surface area contributed by atoms with Gasteiger partial charge in [0.1, 0.15) is 11.0 Å². The molecule has 0 radical (unpaired) electrons. The first-order chi connectivity index (χ1) is 13.9. The van der Waals surface area contributed by atoms with Gasteiger partial charge in [0, 0.05) is 56.8 Å². The van der Waals surface area contributed by atoms with Gasteiger partial charge in [-0.2, -0.15) is 0 Å². The van der Waals surface area contributed by atoms with Gasteiger partial charge < -0.3 is 0 Å². The summed E-state index contributed by atoms with van der Waals surface area (Å²) in [5.74, 6) is 0. The summed E-state index contributed by atoms with van der Waals surface area (Å²) in [6, 6.07) is 16.5. The molecule has 0 N–H and O–H groups in total. The van der Waals surface area contributed by atoms with E-state index < -0.39 is 0 Å². The fraction of sp³-hybridized carbons (Fsp3) is 0. The summed E-state index contributed by atoms with van der Waals surface area (Å²) in [6.45, 7) is 0. The van der Waals surface area contributed by atoms with E-state index in [-0.39, 0.29) is 0 Å². The topological polar surface area (TPSA) is 51.6 Å². The van der Waals surface area contributed by atoms with E-state index >= 15 is 0 Å². The standard InChI is InChI=1S/C22H14N4S2/c1-2-4-18-17(3-1)21(27-15-5-9-23-10-6-15)19-20(26-14-13-25-19)22(18)28-16-7-11-24-12-8-16/h1-14H. The van der Waals surface area contributed by atoms with Crippen molar-refractivity contribution in [2.24, 2.45) is 0 Å². The Kier molecular flexibility index (Phi) is 4.64. The fourth-order valence-electron chi connectivity index (χ4n) is 3.06. The molecular weight excluding hydrogens is 384 g/mol. The number of nitrogens with zero attached hydrogens (tertiary/aromatic N) is 4. The minimum absolute atomic E-state index is 0.916.